The van der Waals surface area contributed by atoms with Crippen molar-refractivity contribution in [3.63, 3.8) is 0 Å². The first-order valence-corrected chi connectivity index (χ1v) is 7.76. The number of hydrogen-bond acceptors (Lipinski definition) is 0. The van der Waals surface area contributed by atoms with Crippen molar-refractivity contribution in [2.24, 2.45) is 17.8 Å². The molecule has 0 spiro atoms. The second kappa shape index (κ2) is 8.14. The quantitative estimate of drug-likeness (QED) is 0.512. The van der Waals surface area contributed by atoms with Gasteiger partial charge in [-0.05, 0) is 24.2 Å². The summed E-state index contributed by atoms with van der Waals surface area (Å²) >= 11 is 0. The molecule has 1 fully saturated rings. The first-order chi connectivity index (χ1) is 7.76. The molecule has 0 aromatic rings. The van der Waals surface area contributed by atoms with Crippen LogP contribution in [0.5, 0.6) is 0 Å². The van der Waals surface area contributed by atoms with Gasteiger partial charge in [0.1, 0.15) is 0 Å². The molecular weight excluding hydrogens is 192 g/mol. The average molecular weight is 224 g/mol. The molecule has 0 amide bonds. The lowest BCUT2D eigenvalue weighted by Crippen LogP contribution is -2.16. The highest BCUT2D eigenvalue weighted by atomic mass is 14.3. The topological polar surface area (TPSA) is 0 Å². The van der Waals surface area contributed by atoms with Crippen molar-refractivity contribution in [2.45, 2.75) is 85.0 Å². The van der Waals surface area contributed by atoms with Gasteiger partial charge in [-0.25, -0.2) is 0 Å². The number of unbranched alkanes of at least 4 members (excludes halogenated alkanes) is 1. The third-order valence-corrected chi connectivity index (χ3v) is 4.46. The summed E-state index contributed by atoms with van der Waals surface area (Å²) in [6.45, 7) is 7.10. The zero-order chi connectivity index (χ0) is 11.8. The average Bonchev–Trinajstić information content (AvgIpc) is 2.29. The molecule has 0 N–H and O–H groups in total. The van der Waals surface area contributed by atoms with Crippen LogP contribution in [0.3, 0.4) is 0 Å². The summed E-state index contributed by atoms with van der Waals surface area (Å²) in [6, 6.07) is 0. The summed E-state index contributed by atoms with van der Waals surface area (Å²) in [6.07, 6.45) is 14.8. The van der Waals surface area contributed by atoms with E-state index in [9.17, 15) is 0 Å². The summed E-state index contributed by atoms with van der Waals surface area (Å²) in [5.41, 5.74) is 0. The van der Waals surface area contributed by atoms with Crippen LogP contribution in [-0.4, -0.2) is 0 Å². The molecule has 0 aromatic carbocycles. The Bertz CT molecular complexity index is 153. The van der Waals surface area contributed by atoms with Crippen LogP contribution in [0, 0.1) is 17.8 Å². The molecule has 1 rings (SSSR count). The lowest BCUT2D eigenvalue weighted by molar-refractivity contribution is 0.232. The van der Waals surface area contributed by atoms with Crippen LogP contribution in [0.2, 0.25) is 0 Å². The molecule has 1 atom stereocenters. The molecule has 1 aliphatic carbocycles. The molecule has 0 aliphatic heterocycles. The molecule has 0 saturated heterocycles. The van der Waals surface area contributed by atoms with Gasteiger partial charge in [0, 0.05) is 0 Å². The Morgan fingerprint density at radius 3 is 2.19 bits per heavy atom. The van der Waals surface area contributed by atoms with Crippen LogP contribution in [-0.2, 0) is 0 Å². The fraction of sp³-hybridized carbons (Fsp3) is 1.00. The minimum Gasteiger partial charge on any atom is -0.0654 e. The van der Waals surface area contributed by atoms with Crippen LogP contribution >= 0.6 is 0 Å². The zero-order valence-electron chi connectivity index (χ0n) is 11.8. The Hall–Kier alpha value is 0. The normalized spacial score (nSPS) is 27.9. The fourth-order valence-electron chi connectivity index (χ4n) is 3.32. The Morgan fingerprint density at radius 1 is 0.938 bits per heavy atom. The van der Waals surface area contributed by atoms with E-state index in [0.717, 1.165) is 17.8 Å². The molecule has 0 bridgehead atoms. The summed E-state index contributed by atoms with van der Waals surface area (Å²) < 4.78 is 0. The van der Waals surface area contributed by atoms with Crippen LogP contribution in [0.15, 0.2) is 0 Å². The Kier molecular flexibility index (Phi) is 7.16. The standard InChI is InChI=1S/C16H32/c1-4-6-8-15(7-5-2)13-16-11-9-14(3)10-12-16/h14-16H,4-13H2,1-3H3. The van der Waals surface area contributed by atoms with Crippen LogP contribution in [0.25, 0.3) is 0 Å². The van der Waals surface area contributed by atoms with E-state index in [1.165, 1.54) is 57.8 Å². The second-order valence-corrected chi connectivity index (χ2v) is 6.16. The summed E-state index contributed by atoms with van der Waals surface area (Å²) in [5.74, 6) is 3.13. The van der Waals surface area contributed by atoms with Crippen molar-refractivity contribution in [2.75, 3.05) is 0 Å². The van der Waals surface area contributed by atoms with Crippen molar-refractivity contribution in [1.29, 1.82) is 0 Å². The van der Waals surface area contributed by atoms with Gasteiger partial charge in [-0.1, -0.05) is 78.6 Å². The van der Waals surface area contributed by atoms with Gasteiger partial charge >= 0.3 is 0 Å². The van der Waals surface area contributed by atoms with Crippen LogP contribution in [0.4, 0.5) is 0 Å². The van der Waals surface area contributed by atoms with E-state index in [4.69, 9.17) is 0 Å². The molecule has 1 aliphatic rings. The maximum atomic E-state index is 2.43. The molecule has 16 heavy (non-hydrogen) atoms. The van der Waals surface area contributed by atoms with Gasteiger partial charge in [-0.3, -0.25) is 0 Å². The third-order valence-electron chi connectivity index (χ3n) is 4.46. The lowest BCUT2D eigenvalue weighted by Gasteiger charge is -2.29. The first kappa shape index (κ1) is 14.1. The fourth-order valence-corrected chi connectivity index (χ4v) is 3.32. The summed E-state index contributed by atoms with van der Waals surface area (Å²) in [7, 11) is 0. The van der Waals surface area contributed by atoms with Crippen molar-refractivity contribution in [3.05, 3.63) is 0 Å². The van der Waals surface area contributed by atoms with Crippen molar-refractivity contribution in [1.82, 2.24) is 0 Å². The molecule has 0 heterocycles. The van der Waals surface area contributed by atoms with E-state index < -0.39 is 0 Å². The first-order valence-electron chi connectivity index (χ1n) is 7.76. The van der Waals surface area contributed by atoms with E-state index in [-0.39, 0.29) is 0 Å². The third kappa shape index (κ3) is 5.37. The van der Waals surface area contributed by atoms with E-state index in [1.807, 2.05) is 0 Å². The number of rotatable bonds is 7. The maximum Gasteiger partial charge on any atom is -0.0411 e. The minimum absolute atomic E-state index is 1.01. The highest BCUT2D eigenvalue weighted by Crippen LogP contribution is 2.34. The van der Waals surface area contributed by atoms with Crippen molar-refractivity contribution >= 4 is 0 Å². The van der Waals surface area contributed by atoms with Gasteiger partial charge in [0.05, 0.1) is 0 Å². The van der Waals surface area contributed by atoms with Crippen molar-refractivity contribution in [3.8, 4) is 0 Å². The summed E-state index contributed by atoms with van der Waals surface area (Å²) in [5, 5.41) is 0. The van der Waals surface area contributed by atoms with E-state index in [2.05, 4.69) is 20.8 Å². The maximum absolute atomic E-state index is 2.43. The Labute approximate surface area is 103 Å². The largest absolute Gasteiger partial charge is 0.0654 e. The second-order valence-electron chi connectivity index (χ2n) is 6.16. The van der Waals surface area contributed by atoms with Gasteiger partial charge in [-0.2, -0.15) is 0 Å². The zero-order valence-corrected chi connectivity index (χ0v) is 11.8. The number of hydrogen-bond donors (Lipinski definition) is 0. The monoisotopic (exact) mass is 224 g/mol. The Morgan fingerprint density at radius 2 is 1.62 bits per heavy atom. The van der Waals surface area contributed by atoms with Crippen molar-refractivity contribution < 1.29 is 0 Å². The predicted octanol–water partition coefficient (Wildman–Crippen LogP) is 5.81. The molecule has 0 radical (unpaired) electrons. The highest BCUT2D eigenvalue weighted by Gasteiger charge is 2.21. The van der Waals surface area contributed by atoms with E-state index >= 15 is 0 Å². The SMILES string of the molecule is CCCCC(CCC)CC1CCC(C)CC1. The lowest BCUT2D eigenvalue weighted by atomic mass is 9.77. The molecule has 1 unspecified atom stereocenters. The van der Waals surface area contributed by atoms with E-state index in [1.54, 1.807) is 6.42 Å². The van der Waals surface area contributed by atoms with Gasteiger partial charge in [0.2, 0.25) is 0 Å². The molecule has 0 aromatic heterocycles. The van der Waals surface area contributed by atoms with Gasteiger partial charge < -0.3 is 0 Å². The highest BCUT2D eigenvalue weighted by molar-refractivity contribution is 4.73. The van der Waals surface area contributed by atoms with Crippen LogP contribution in [0.1, 0.15) is 85.0 Å². The van der Waals surface area contributed by atoms with Gasteiger partial charge in [0.15, 0.2) is 0 Å². The molecular formula is C16H32. The predicted molar refractivity (Wildman–Crippen MR) is 73.7 cm³/mol. The summed E-state index contributed by atoms with van der Waals surface area (Å²) in [4.78, 5) is 0. The molecule has 96 valence electrons. The van der Waals surface area contributed by atoms with Crippen LogP contribution < -0.4 is 0 Å². The van der Waals surface area contributed by atoms with Gasteiger partial charge in [0.25, 0.3) is 0 Å². The van der Waals surface area contributed by atoms with Gasteiger partial charge in [-0.15, -0.1) is 0 Å². The van der Waals surface area contributed by atoms with E-state index in [0.29, 0.717) is 0 Å². The molecule has 1 saturated carbocycles. The molecule has 0 nitrogen and oxygen atoms in total. The Balaban J connectivity index is 2.24. The minimum atomic E-state index is 1.01. The smallest absolute Gasteiger partial charge is 0.0411 e. The molecule has 0 heteroatoms.